The zero-order valence-electron chi connectivity index (χ0n) is 20.6. The molecule has 0 fully saturated rings. The number of aromatic nitrogens is 5. The lowest BCUT2D eigenvalue weighted by Crippen LogP contribution is -2.34. The first-order valence-electron chi connectivity index (χ1n) is 11.5. The van der Waals surface area contributed by atoms with Gasteiger partial charge in [-0.25, -0.2) is 9.48 Å². The molecule has 0 amide bonds. The first-order valence-corrected chi connectivity index (χ1v) is 11.9. The summed E-state index contributed by atoms with van der Waals surface area (Å²) in [6, 6.07) is 6.34. The second-order valence-corrected chi connectivity index (χ2v) is 8.91. The van der Waals surface area contributed by atoms with Crippen LogP contribution in [0, 0.1) is 0 Å². The van der Waals surface area contributed by atoms with E-state index >= 15 is 0 Å². The van der Waals surface area contributed by atoms with Crippen LogP contribution in [0.1, 0.15) is 24.6 Å². The lowest BCUT2D eigenvalue weighted by molar-refractivity contribution is 0.0544. The van der Waals surface area contributed by atoms with Gasteiger partial charge in [-0.05, 0) is 43.5 Å². The Bertz CT molecular complexity index is 1570. The van der Waals surface area contributed by atoms with Crippen molar-refractivity contribution in [1.82, 2.24) is 24.5 Å². The summed E-state index contributed by atoms with van der Waals surface area (Å²) in [6.45, 7) is 2.23. The van der Waals surface area contributed by atoms with E-state index in [9.17, 15) is 14.7 Å². The highest BCUT2D eigenvalue weighted by Crippen LogP contribution is 2.38. The molecule has 2 N–H and O–H groups in total. The number of ether oxygens (including phenoxy) is 2. The normalized spacial score (nSPS) is 14.5. The van der Waals surface area contributed by atoms with E-state index in [1.54, 1.807) is 42.3 Å². The molecule has 0 saturated heterocycles. The van der Waals surface area contributed by atoms with Gasteiger partial charge < -0.3 is 19.1 Å². The van der Waals surface area contributed by atoms with E-state index in [4.69, 9.17) is 21.1 Å². The van der Waals surface area contributed by atoms with Crippen molar-refractivity contribution in [2.45, 2.75) is 38.5 Å². The van der Waals surface area contributed by atoms with Crippen LogP contribution in [0.15, 0.2) is 80.7 Å². The van der Waals surface area contributed by atoms with E-state index in [0.717, 1.165) is 11.3 Å². The molecule has 1 unspecified atom stereocenters. The van der Waals surface area contributed by atoms with Crippen molar-refractivity contribution in [3.8, 4) is 5.75 Å². The molecule has 4 rings (SSSR count). The van der Waals surface area contributed by atoms with Crippen molar-refractivity contribution >= 4 is 11.6 Å². The molecule has 37 heavy (non-hydrogen) atoms. The molecule has 1 aliphatic carbocycles. The fourth-order valence-corrected chi connectivity index (χ4v) is 4.25. The largest absolute Gasteiger partial charge is 0.496 e. The second kappa shape index (κ2) is 10.9. The standard InChI is InChI=1S/C26H26ClN5O5/c1-17-6-7-18(13-22(17)36-2)26(35,19-8-9-21(27)23(14-19)37-3)16-32-20(15-28-30-32)5-4-11-31-12-10-24(33)29-25(31)34/h8-10,12-15,35H,4-5,11,16H2,1-3H3,(H,29,33,34). The third-order valence-corrected chi connectivity index (χ3v) is 6.44. The van der Waals surface area contributed by atoms with Gasteiger partial charge in [0.2, 0.25) is 0 Å². The van der Waals surface area contributed by atoms with E-state index in [1.165, 1.54) is 23.9 Å². The maximum atomic E-state index is 12.2. The van der Waals surface area contributed by atoms with Crippen molar-refractivity contribution < 1.29 is 14.6 Å². The number of nitrogens with zero attached hydrogens (tertiary/aromatic N) is 4. The van der Waals surface area contributed by atoms with Crippen LogP contribution in [0.3, 0.4) is 0 Å². The fraction of sp³-hybridized carbons (Fsp3) is 0.308. The van der Waals surface area contributed by atoms with Gasteiger partial charge in [0.15, 0.2) is 0 Å². The maximum Gasteiger partial charge on any atom is 0.328 e. The second-order valence-electron chi connectivity index (χ2n) is 8.50. The molecule has 1 aliphatic rings. The Kier molecular flexibility index (Phi) is 7.66. The minimum Gasteiger partial charge on any atom is -0.496 e. The Balaban J connectivity index is 1.67. The average Bonchev–Trinajstić information content (AvgIpc) is 3.32. The minimum absolute atomic E-state index is 0.00226. The Morgan fingerprint density at radius 3 is 2.73 bits per heavy atom. The molecule has 1 aromatic carbocycles. The van der Waals surface area contributed by atoms with Crippen LogP contribution < -0.4 is 16.0 Å². The Morgan fingerprint density at radius 1 is 1.19 bits per heavy atom. The van der Waals surface area contributed by atoms with Gasteiger partial charge in [-0.2, -0.15) is 0 Å². The number of aliphatic hydroxyl groups is 1. The average molecular weight is 524 g/mol. The number of halogens is 1. The highest BCUT2D eigenvalue weighted by molar-refractivity contribution is 6.32. The summed E-state index contributed by atoms with van der Waals surface area (Å²) >= 11 is 6.24. The summed E-state index contributed by atoms with van der Waals surface area (Å²) in [6.07, 6.45) is 5.88. The van der Waals surface area contributed by atoms with Crippen LogP contribution >= 0.6 is 11.6 Å². The van der Waals surface area contributed by atoms with E-state index in [-0.39, 0.29) is 6.54 Å². The van der Waals surface area contributed by atoms with Gasteiger partial charge in [0.05, 0.1) is 37.7 Å². The number of nitrogens with one attached hydrogen (secondary N) is 1. The van der Waals surface area contributed by atoms with Crippen LogP contribution in [0.5, 0.6) is 5.75 Å². The van der Waals surface area contributed by atoms with Crippen LogP contribution in [0.4, 0.5) is 0 Å². The summed E-state index contributed by atoms with van der Waals surface area (Å²) in [4.78, 5) is 25.5. The molecule has 0 bridgehead atoms. The van der Waals surface area contributed by atoms with E-state index in [2.05, 4.69) is 26.8 Å². The van der Waals surface area contributed by atoms with Crippen molar-refractivity contribution in [2.75, 3.05) is 14.2 Å². The molecule has 10 nitrogen and oxygen atoms in total. The van der Waals surface area contributed by atoms with Gasteiger partial charge >= 0.3 is 5.69 Å². The minimum atomic E-state index is -1.62. The van der Waals surface area contributed by atoms with Gasteiger partial charge in [-0.1, -0.05) is 34.3 Å². The molecule has 1 atom stereocenters. The van der Waals surface area contributed by atoms with Crippen LogP contribution in [0.2, 0.25) is 5.02 Å². The number of rotatable bonds is 10. The molecular formula is C26H26ClN5O5. The van der Waals surface area contributed by atoms with E-state index in [0.29, 0.717) is 47.1 Å². The molecule has 2 heterocycles. The Labute approximate surface area is 217 Å². The monoisotopic (exact) mass is 523 g/mol. The van der Waals surface area contributed by atoms with Crippen molar-refractivity contribution in [1.29, 1.82) is 0 Å². The highest BCUT2D eigenvalue weighted by Gasteiger charge is 2.36. The number of aryl methyl sites for hydroxylation is 2. The maximum absolute atomic E-state index is 12.2. The summed E-state index contributed by atoms with van der Waals surface area (Å²) in [7, 11) is 3.05. The number of methoxy groups -OCH3 is 2. The van der Waals surface area contributed by atoms with Gasteiger partial charge in [0, 0.05) is 30.0 Å². The first-order chi connectivity index (χ1) is 17.7. The summed E-state index contributed by atoms with van der Waals surface area (Å²) in [5.74, 6) is 0.962. The molecule has 11 heteroatoms. The number of hydrogen-bond donors (Lipinski definition) is 2. The van der Waals surface area contributed by atoms with Gasteiger partial charge in [-0.3, -0.25) is 9.78 Å². The third kappa shape index (κ3) is 5.53. The molecule has 0 spiro atoms. The SMILES string of the molecule is COC1=CC(C(O)(Cn2nncc2CCCn2ccc(=O)[nH]c2=O)c2ccc(Cl)c(OC)c2)=C=C=C1C. The number of benzene rings is 1. The Hall–Kier alpha value is -4.07. The lowest BCUT2D eigenvalue weighted by atomic mass is 9.84. The smallest absolute Gasteiger partial charge is 0.328 e. The predicted octanol–water partition coefficient (Wildman–Crippen LogP) is 2.48. The zero-order chi connectivity index (χ0) is 26.6. The molecule has 0 saturated carbocycles. The summed E-state index contributed by atoms with van der Waals surface area (Å²) in [5.41, 5.74) is 5.97. The van der Waals surface area contributed by atoms with Gasteiger partial charge in [0.25, 0.3) is 5.56 Å². The molecule has 3 aromatic rings. The van der Waals surface area contributed by atoms with E-state index in [1.807, 2.05) is 6.92 Å². The molecule has 192 valence electrons. The van der Waals surface area contributed by atoms with Crippen molar-refractivity contribution in [3.05, 3.63) is 108 Å². The lowest BCUT2D eigenvalue weighted by Gasteiger charge is -2.30. The highest BCUT2D eigenvalue weighted by atomic mass is 35.5. The van der Waals surface area contributed by atoms with Gasteiger partial charge in [0.1, 0.15) is 17.1 Å². The topological polar surface area (TPSA) is 124 Å². The molecule has 0 aliphatic heterocycles. The number of aromatic amines is 1. The number of hydrogen-bond acceptors (Lipinski definition) is 7. The van der Waals surface area contributed by atoms with Crippen molar-refractivity contribution in [3.63, 3.8) is 0 Å². The summed E-state index contributed by atoms with van der Waals surface area (Å²) in [5, 5.41) is 20.8. The van der Waals surface area contributed by atoms with Crippen molar-refractivity contribution in [2.24, 2.45) is 0 Å². The molecule has 2 aromatic heterocycles. The van der Waals surface area contributed by atoms with E-state index < -0.39 is 16.9 Å². The van der Waals surface area contributed by atoms with Crippen LogP contribution in [0.25, 0.3) is 0 Å². The number of H-pyrrole nitrogens is 1. The first kappa shape index (κ1) is 26.0. The summed E-state index contributed by atoms with van der Waals surface area (Å²) < 4.78 is 13.9. The predicted molar refractivity (Wildman–Crippen MR) is 136 cm³/mol. The zero-order valence-corrected chi connectivity index (χ0v) is 21.4. The molecular weight excluding hydrogens is 498 g/mol. The fourth-order valence-electron chi connectivity index (χ4n) is 4.06. The number of allylic oxidation sites excluding steroid dienone is 1. The quantitative estimate of drug-likeness (QED) is 0.391. The molecule has 0 radical (unpaired) electrons. The van der Waals surface area contributed by atoms with Gasteiger partial charge in [-0.15, -0.1) is 5.10 Å². The Morgan fingerprint density at radius 2 is 2.00 bits per heavy atom. The van der Waals surface area contributed by atoms with Crippen LogP contribution in [-0.2, 0) is 29.8 Å². The van der Waals surface area contributed by atoms with Crippen LogP contribution in [-0.4, -0.2) is 43.9 Å². The third-order valence-electron chi connectivity index (χ3n) is 6.13.